The lowest BCUT2D eigenvalue weighted by molar-refractivity contribution is 0.198. The van der Waals surface area contributed by atoms with Crippen molar-refractivity contribution >= 4 is 11.4 Å². The Morgan fingerprint density at radius 1 is 1.54 bits per heavy atom. The molecule has 3 N–H and O–H groups in total. The lowest BCUT2D eigenvalue weighted by Crippen LogP contribution is -2.21. The van der Waals surface area contributed by atoms with Crippen molar-refractivity contribution in [2.75, 3.05) is 23.7 Å². The summed E-state index contributed by atoms with van der Waals surface area (Å²) in [7, 11) is 0. The molecule has 0 aliphatic carbocycles. The monoisotopic (exact) mass is 179 g/mol. The zero-order chi connectivity index (χ0) is 9.26. The van der Waals surface area contributed by atoms with E-state index in [-0.39, 0.29) is 6.10 Å². The maximum absolute atomic E-state index is 9.34. The minimum Gasteiger partial charge on any atom is -0.397 e. The number of nitrogen functional groups attached to an aromatic ring is 1. The summed E-state index contributed by atoms with van der Waals surface area (Å²) in [6, 6.07) is 1.88. The molecule has 1 saturated heterocycles. The first kappa shape index (κ1) is 8.31. The van der Waals surface area contributed by atoms with E-state index in [0.717, 1.165) is 18.7 Å². The molecule has 0 aromatic carbocycles. The summed E-state index contributed by atoms with van der Waals surface area (Å²) in [6.07, 6.45) is 4.01. The van der Waals surface area contributed by atoms with E-state index in [1.54, 1.807) is 12.4 Å². The molecule has 2 heterocycles. The molecular weight excluding hydrogens is 166 g/mol. The summed E-state index contributed by atoms with van der Waals surface area (Å²) < 4.78 is 0. The van der Waals surface area contributed by atoms with Crippen molar-refractivity contribution in [1.29, 1.82) is 0 Å². The van der Waals surface area contributed by atoms with Crippen LogP contribution in [-0.4, -0.2) is 29.3 Å². The molecule has 1 fully saturated rings. The predicted molar refractivity (Wildman–Crippen MR) is 51.5 cm³/mol. The van der Waals surface area contributed by atoms with E-state index in [9.17, 15) is 5.11 Å². The van der Waals surface area contributed by atoms with E-state index in [4.69, 9.17) is 5.73 Å². The smallest absolute Gasteiger partial charge is 0.0731 e. The fourth-order valence-electron chi connectivity index (χ4n) is 1.59. The largest absolute Gasteiger partial charge is 0.397 e. The van der Waals surface area contributed by atoms with E-state index in [1.807, 2.05) is 6.07 Å². The van der Waals surface area contributed by atoms with Gasteiger partial charge >= 0.3 is 0 Å². The summed E-state index contributed by atoms with van der Waals surface area (Å²) in [5, 5.41) is 9.34. The van der Waals surface area contributed by atoms with Gasteiger partial charge in [0.1, 0.15) is 0 Å². The van der Waals surface area contributed by atoms with Gasteiger partial charge in [-0.3, -0.25) is 4.98 Å². The number of nitrogens with two attached hydrogens (primary N) is 1. The Bertz CT molecular complexity index is 303. The van der Waals surface area contributed by atoms with Crippen LogP contribution in [0.3, 0.4) is 0 Å². The average Bonchev–Trinajstić information content (AvgIpc) is 2.52. The van der Waals surface area contributed by atoms with Crippen molar-refractivity contribution in [1.82, 2.24) is 4.98 Å². The predicted octanol–water partition coefficient (Wildman–Crippen LogP) is 0.235. The normalized spacial score (nSPS) is 22.2. The molecule has 4 nitrogen and oxygen atoms in total. The summed E-state index contributed by atoms with van der Waals surface area (Å²) in [4.78, 5) is 6.10. The lowest BCUT2D eigenvalue weighted by Gasteiger charge is -2.17. The van der Waals surface area contributed by atoms with Crippen molar-refractivity contribution in [2.24, 2.45) is 0 Å². The lowest BCUT2D eigenvalue weighted by atomic mass is 10.3. The van der Waals surface area contributed by atoms with Crippen LogP contribution in [-0.2, 0) is 0 Å². The molecule has 0 amide bonds. The summed E-state index contributed by atoms with van der Waals surface area (Å²) in [5.41, 5.74) is 7.27. The van der Waals surface area contributed by atoms with E-state index in [1.165, 1.54) is 0 Å². The molecule has 13 heavy (non-hydrogen) atoms. The molecule has 0 saturated carbocycles. The number of hydrogen-bond donors (Lipinski definition) is 2. The van der Waals surface area contributed by atoms with Crippen LogP contribution in [0.2, 0.25) is 0 Å². The van der Waals surface area contributed by atoms with Crippen molar-refractivity contribution in [2.45, 2.75) is 12.5 Å². The van der Waals surface area contributed by atoms with Crippen LogP contribution in [0, 0.1) is 0 Å². The zero-order valence-corrected chi connectivity index (χ0v) is 7.35. The topological polar surface area (TPSA) is 62.4 Å². The third-order valence-corrected chi connectivity index (χ3v) is 2.27. The van der Waals surface area contributed by atoms with Crippen LogP contribution in [0.15, 0.2) is 18.5 Å². The Balaban J connectivity index is 2.16. The van der Waals surface area contributed by atoms with Gasteiger partial charge in [-0.05, 0) is 12.5 Å². The Labute approximate surface area is 77.0 Å². The van der Waals surface area contributed by atoms with E-state index < -0.39 is 0 Å². The van der Waals surface area contributed by atoms with Crippen LogP contribution in [0.5, 0.6) is 0 Å². The molecule has 1 atom stereocenters. The second kappa shape index (κ2) is 3.22. The summed E-state index contributed by atoms with van der Waals surface area (Å²) in [6.45, 7) is 1.57. The van der Waals surface area contributed by atoms with Gasteiger partial charge in [0, 0.05) is 19.3 Å². The Morgan fingerprint density at radius 2 is 2.38 bits per heavy atom. The maximum atomic E-state index is 9.34. The molecule has 0 bridgehead atoms. The van der Waals surface area contributed by atoms with Crippen molar-refractivity contribution < 1.29 is 5.11 Å². The van der Waals surface area contributed by atoms with Gasteiger partial charge in [0.15, 0.2) is 0 Å². The van der Waals surface area contributed by atoms with Gasteiger partial charge in [0.05, 0.1) is 23.7 Å². The number of aromatic nitrogens is 1. The maximum Gasteiger partial charge on any atom is 0.0731 e. The van der Waals surface area contributed by atoms with Crippen LogP contribution in [0.25, 0.3) is 0 Å². The molecule has 1 aliphatic heterocycles. The van der Waals surface area contributed by atoms with Gasteiger partial charge in [-0.2, -0.15) is 0 Å². The number of nitrogens with zero attached hydrogens (tertiary/aromatic N) is 2. The van der Waals surface area contributed by atoms with Crippen LogP contribution >= 0.6 is 0 Å². The van der Waals surface area contributed by atoms with Crippen molar-refractivity contribution in [3.05, 3.63) is 18.5 Å². The molecule has 0 unspecified atom stereocenters. The second-order valence-electron chi connectivity index (χ2n) is 3.36. The SMILES string of the molecule is Nc1cncc(N2CC[C@@H](O)C2)c1. The number of β-amino-alcohol motifs (C(OH)–C–C–N with tert-alkyl or cyclic N) is 1. The molecule has 0 radical (unpaired) electrons. The molecule has 1 aromatic rings. The second-order valence-corrected chi connectivity index (χ2v) is 3.36. The molecule has 70 valence electrons. The molecule has 4 heteroatoms. The first-order valence-electron chi connectivity index (χ1n) is 4.39. The number of hydrogen-bond acceptors (Lipinski definition) is 4. The standard InChI is InChI=1S/C9H13N3O/c10-7-3-8(5-11-4-7)12-2-1-9(13)6-12/h3-5,9,13H,1-2,6,10H2/t9-/m1/s1. The van der Waals surface area contributed by atoms with E-state index in [2.05, 4.69) is 9.88 Å². The Morgan fingerprint density at radius 3 is 3.00 bits per heavy atom. The highest BCUT2D eigenvalue weighted by molar-refractivity contribution is 5.53. The van der Waals surface area contributed by atoms with Crippen molar-refractivity contribution in [3.63, 3.8) is 0 Å². The highest BCUT2D eigenvalue weighted by Gasteiger charge is 2.20. The number of rotatable bonds is 1. The van der Waals surface area contributed by atoms with Crippen LogP contribution < -0.4 is 10.6 Å². The van der Waals surface area contributed by atoms with Crippen molar-refractivity contribution in [3.8, 4) is 0 Å². The highest BCUT2D eigenvalue weighted by Crippen LogP contribution is 2.20. The first-order chi connectivity index (χ1) is 6.25. The van der Waals surface area contributed by atoms with Gasteiger partial charge in [0.2, 0.25) is 0 Å². The van der Waals surface area contributed by atoms with Gasteiger partial charge in [-0.1, -0.05) is 0 Å². The molecule has 2 rings (SSSR count). The first-order valence-corrected chi connectivity index (χ1v) is 4.39. The fraction of sp³-hybridized carbons (Fsp3) is 0.444. The Hall–Kier alpha value is -1.29. The third-order valence-electron chi connectivity index (χ3n) is 2.27. The quantitative estimate of drug-likeness (QED) is 0.648. The van der Waals surface area contributed by atoms with E-state index in [0.29, 0.717) is 12.2 Å². The number of aliphatic hydroxyl groups is 1. The zero-order valence-electron chi connectivity index (χ0n) is 7.35. The average molecular weight is 179 g/mol. The van der Waals surface area contributed by atoms with E-state index >= 15 is 0 Å². The fourth-order valence-corrected chi connectivity index (χ4v) is 1.59. The Kier molecular flexibility index (Phi) is 2.06. The van der Waals surface area contributed by atoms with Crippen LogP contribution in [0.4, 0.5) is 11.4 Å². The number of anilines is 2. The number of pyridine rings is 1. The highest BCUT2D eigenvalue weighted by atomic mass is 16.3. The molecule has 0 spiro atoms. The minimum absolute atomic E-state index is 0.207. The number of aliphatic hydroxyl groups excluding tert-OH is 1. The summed E-state index contributed by atoms with van der Waals surface area (Å²) in [5.74, 6) is 0. The summed E-state index contributed by atoms with van der Waals surface area (Å²) >= 11 is 0. The van der Waals surface area contributed by atoms with Gasteiger partial charge in [-0.15, -0.1) is 0 Å². The molecular formula is C9H13N3O. The molecule has 1 aliphatic rings. The van der Waals surface area contributed by atoms with Gasteiger partial charge in [0.25, 0.3) is 0 Å². The van der Waals surface area contributed by atoms with Gasteiger partial charge in [-0.25, -0.2) is 0 Å². The van der Waals surface area contributed by atoms with Gasteiger partial charge < -0.3 is 15.7 Å². The van der Waals surface area contributed by atoms with Crippen LogP contribution in [0.1, 0.15) is 6.42 Å². The third kappa shape index (κ3) is 1.72. The molecule has 1 aromatic heterocycles. The minimum atomic E-state index is -0.207.